The Kier molecular flexibility index (Phi) is 3.61. The molecule has 1 aliphatic rings. The molecular formula is C13H18N2O3. The zero-order chi connectivity index (χ0) is 13.2. The van der Waals surface area contributed by atoms with Crippen LogP contribution in [0.1, 0.15) is 48.9 Å². The second kappa shape index (κ2) is 5.02. The molecule has 0 bridgehead atoms. The van der Waals surface area contributed by atoms with Crippen molar-refractivity contribution in [3.05, 3.63) is 23.8 Å². The molecule has 2 atom stereocenters. The van der Waals surface area contributed by atoms with Gasteiger partial charge in [-0.1, -0.05) is 13.3 Å². The van der Waals surface area contributed by atoms with Gasteiger partial charge in [0.2, 0.25) is 0 Å². The molecule has 0 radical (unpaired) electrons. The van der Waals surface area contributed by atoms with Crippen molar-refractivity contribution >= 4 is 5.97 Å². The molecule has 0 aliphatic heterocycles. The van der Waals surface area contributed by atoms with E-state index in [9.17, 15) is 4.79 Å². The number of nitrogens with zero attached hydrogens (tertiary/aromatic N) is 2. The molecule has 5 heteroatoms. The SMILES string of the molecule is COC1(c2nccc(C(=O)O)n2)CCCC(C)C1. The minimum Gasteiger partial charge on any atom is -0.477 e. The van der Waals surface area contributed by atoms with Gasteiger partial charge in [0.25, 0.3) is 0 Å². The highest BCUT2D eigenvalue weighted by Crippen LogP contribution is 2.40. The van der Waals surface area contributed by atoms with E-state index in [4.69, 9.17) is 9.84 Å². The lowest BCUT2D eigenvalue weighted by Crippen LogP contribution is -2.36. The average molecular weight is 250 g/mol. The molecule has 98 valence electrons. The Morgan fingerprint density at radius 3 is 3.00 bits per heavy atom. The second-order valence-electron chi connectivity index (χ2n) is 4.97. The Morgan fingerprint density at radius 1 is 1.61 bits per heavy atom. The van der Waals surface area contributed by atoms with Crippen LogP contribution in [-0.2, 0) is 10.3 Å². The van der Waals surface area contributed by atoms with Crippen molar-refractivity contribution in [1.29, 1.82) is 0 Å². The Labute approximate surface area is 106 Å². The van der Waals surface area contributed by atoms with Gasteiger partial charge in [-0.2, -0.15) is 0 Å². The van der Waals surface area contributed by atoms with Gasteiger partial charge in [-0.25, -0.2) is 14.8 Å². The van der Waals surface area contributed by atoms with Gasteiger partial charge in [0.05, 0.1) is 0 Å². The summed E-state index contributed by atoms with van der Waals surface area (Å²) < 4.78 is 5.65. The number of aromatic nitrogens is 2. The third-order valence-corrected chi connectivity index (χ3v) is 3.63. The van der Waals surface area contributed by atoms with Crippen LogP contribution in [0.3, 0.4) is 0 Å². The molecule has 0 saturated heterocycles. The molecule has 5 nitrogen and oxygen atoms in total. The van der Waals surface area contributed by atoms with Crippen molar-refractivity contribution in [2.24, 2.45) is 5.92 Å². The molecule has 1 fully saturated rings. The maximum Gasteiger partial charge on any atom is 0.354 e. The van der Waals surface area contributed by atoms with Gasteiger partial charge in [0.1, 0.15) is 5.60 Å². The van der Waals surface area contributed by atoms with Crippen molar-refractivity contribution in [3.63, 3.8) is 0 Å². The van der Waals surface area contributed by atoms with E-state index in [1.165, 1.54) is 18.7 Å². The molecule has 1 aromatic rings. The molecule has 1 heterocycles. The average Bonchev–Trinajstić information content (AvgIpc) is 2.38. The molecule has 1 saturated carbocycles. The van der Waals surface area contributed by atoms with Crippen molar-refractivity contribution < 1.29 is 14.6 Å². The zero-order valence-electron chi connectivity index (χ0n) is 10.7. The van der Waals surface area contributed by atoms with Crippen molar-refractivity contribution in [1.82, 2.24) is 9.97 Å². The summed E-state index contributed by atoms with van der Waals surface area (Å²) in [6.45, 7) is 2.17. The first-order valence-electron chi connectivity index (χ1n) is 6.19. The van der Waals surface area contributed by atoms with Crippen LogP contribution in [-0.4, -0.2) is 28.2 Å². The predicted molar refractivity (Wildman–Crippen MR) is 65.3 cm³/mol. The van der Waals surface area contributed by atoms with Gasteiger partial charge in [-0.15, -0.1) is 0 Å². The number of aromatic carboxylic acids is 1. The van der Waals surface area contributed by atoms with Gasteiger partial charge in [-0.3, -0.25) is 0 Å². The van der Waals surface area contributed by atoms with E-state index < -0.39 is 11.6 Å². The fraction of sp³-hybridized carbons (Fsp3) is 0.615. The summed E-state index contributed by atoms with van der Waals surface area (Å²) in [7, 11) is 1.65. The number of hydrogen-bond donors (Lipinski definition) is 1. The highest BCUT2D eigenvalue weighted by atomic mass is 16.5. The van der Waals surface area contributed by atoms with E-state index in [-0.39, 0.29) is 5.69 Å². The Bertz CT molecular complexity index is 450. The maximum absolute atomic E-state index is 11.0. The number of carbonyl (C=O) groups is 1. The summed E-state index contributed by atoms with van der Waals surface area (Å²) in [5, 5.41) is 8.99. The molecule has 2 unspecified atom stereocenters. The first kappa shape index (κ1) is 13.0. The first-order chi connectivity index (χ1) is 8.57. The van der Waals surface area contributed by atoms with Crippen molar-refractivity contribution in [3.8, 4) is 0 Å². The minimum atomic E-state index is -1.03. The fourth-order valence-electron chi connectivity index (χ4n) is 2.68. The summed E-state index contributed by atoms with van der Waals surface area (Å²) in [6, 6.07) is 1.40. The van der Waals surface area contributed by atoms with Crippen molar-refractivity contribution in [2.45, 2.75) is 38.2 Å². The van der Waals surface area contributed by atoms with Gasteiger partial charge >= 0.3 is 5.97 Å². The van der Waals surface area contributed by atoms with Crippen molar-refractivity contribution in [2.75, 3.05) is 7.11 Å². The second-order valence-corrected chi connectivity index (χ2v) is 4.97. The summed E-state index contributed by atoms with van der Waals surface area (Å²) in [4.78, 5) is 19.3. The normalized spacial score (nSPS) is 28.0. The lowest BCUT2D eigenvalue weighted by Gasteiger charge is -2.37. The predicted octanol–water partition coefficient (Wildman–Crippen LogP) is 2.23. The molecular weight excluding hydrogens is 232 g/mol. The van der Waals surface area contributed by atoms with Crippen LogP contribution >= 0.6 is 0 Å². The van der Waals surface area contributed by atoms with Crippen LogP contribution < -0.4 is 0 Å². The van der Waals surface area contributed by atoms with Crippen LogP contribution in [0.4, 0.5) is 0 Å². The highest BCUT2D eigenvalue weighted by molar-refractivity contribution is 5.85. The number of carboxylic acids is 1. The number of ether oxygens (including phenoxy) is 1. The van der Waals surface area contributed by atoms with E-state index >= 15 is 0 Å². The summed E-state index contributed by atoms with van der Waals surface area (Å²) >= 11 is 0. The highest BCUT2D eigenvalue weighted by Gasteiger charge is 2.39. The van der Waals surface area contributed by atoms with E-state index in [1.807, 2.05) is 0 Å². The Hall–Kier alpha value is -1.49. The van der Waals surface area contributed by atoms with Gasteiger partial charge in [0, 0.05) is 13.3 Å². The molecule has 1 aliphatic carbocycles. The van der Waals surface area contributed by atoms with E-state index in [2.05, 4.69) is 16.9 Å². The standard InChI is InChI=1S/C13H18N2O3/c1-9-4-3-6-13(8-9,18-2)12-14-7-5-10(15-12)11(16)17/h5,7,9H,3-4,6,8H2,1-2H3,(H,16,17). The Balaban J connectivity index is 2.37. The molecule has 18 heavy (non-hydrogen) atoms. The molecule has 0 aromatic carbocycles. The van der Waals surface area contributed by atoms with E-state index in [0.29, 0.717) is 11.7 Å². The monoisotopic (exact) mass is 250 g/mol. The number of carboxylic acid groups (broad SMARTS) is 1. The van der Waals surface area contributed by atoms with Crippen LogP contribution in [0.15, 0.2) is 12.3 Å². The smallest absolute Gasteiger partial charge is 0.354 e. The molecule has 1 N–H and O–H groups in total. The summed E-state index contributed by atoms with van der Waals surface area (Å²) in [5.74, 6) is 0.000921. The molecule has 0 amide bonds. The molecule has 1 aromatic heterocycles. The number of hydrogen-bond acceptors (Lipinski definition) is 4. The first-order valence-corrected chi connectivity index (χ1v) is 6.19. The van der Waals surface area contributed by atoms with Crippen LogP contribution in [0.5, 0.6) is 0 Å². The summed E-state index contributed by atoms with van der Waals surface area (Å²) in [6.07, 6.45) is 5.40. The molecule has 2 rings (SSSR count). The quantitative estimate of drug-likeness (QED) is 0.890. The number of rotatable bonds is 3. The largest absolute Gasteiger partial charge is 0.477 e. The topological polar surface area (TPSA) is 72.3 Å². The van der Waals surface area contributed by atoms with Gasteiger partial charge in [-0.05, 0) is 31.2 Å². The van der Waals surface area contributed by atoms with Crippen LogP contribution in [0, 0.1) is 5.92 Å². The van der Waals surface area contributed by atoms with Crippen LogP contribution in [0.25, 0.3) is 0 Å². The fourth-order valence-corrected chi connectivity index (χ4v) is 2.68. The lowest BCUT2D eigenvalue weighted by atomic mass is 9.78. The zero-order valence-corrected chi connectivity index (χ0v) is 10.7. The van der Waals surface area contributed by atoms with Gasteiger partial charge in [0.15, 0.2) is 11.5 Å². The van der Waals surface area contributed by atoms with E-state index in [1.54, 1.807) is 7.11 Å². The lowest BCUT2D eigenvalue weighted by molar-refractivity contribution is -0.0647. The van der Waals surface area contributed by atoms with Gasteiger partial charge < -0.3 is 9.84 Å². The third kappa shape index (κ3) is 2.36. The molecule has 0 spiro atoms. The Morgan fingerprint density at radius 2 is 2.39 bits per heavy atom. The maximum atomic E-state index is 11.0. The minimum absolute atomic E-state index is 0.0228. The third-order valence-electron chi connectivity index (χ3n) is 3.63. The number of methoxy groups -OCH3 is 1. The van der Waals surface area contributed by atoms with E-state index in [0.717, 1.165) is 19.3 Å². The van der Waals surface area contributed by atoms with Crippen LogP contribution in [0.2, 0.25) is 0 Å². The summed E-state index contributed by atoms with van der Waals surface area (Å²) in [5.41, 5.74) is -0.502.